The molecule has 2 N–H and O–H groups in total. The Bertz CT molecular complexity index is 1480. The summed E-state index contributed by atoms with van der Waals surface area (Å²) >= 11 is 6.58. The van der Waals surface area contributed by atoms with Crippen LogP contribution in [0.15, 0.2) is 34.7 Å². The van der Waals surface area contributed by atoms with Crippen LogP contribution in [0, 0.1) is 11.7 Å². The number of likely N-dealkylation sites (N-methyl/N-ethyl adjacent to an activating group) is 1. The summed E-state index contributed by atoms with van der Waals surface area (Å²) in [5.41, 5.74) is 1.79. The van der Waals surface area contributed by atoms with E-state index in [-0.39, 0.29) is 42.4 Å². The Kier molecular flexibility index (Phi) is 10.2. The number of methoxy groups -OCH3 is 1. The fourth-order valence-electron chi connectivity index (χ4n) is 6.16. The summed E-state index contributed by atoms with van der Waals surface area (Å²) in [6.07, 6.45) is 4.28. The predicted octanol–water partition coefficient (Wildman–Crippen LogP) is 5.43. The maximum atomic E-state index is 13.9. The first-order chi connectivity index (χ1) is 21.1. The molecule has 1 aliphatic carbocycles. The number of hydrogen-bond acceptors (Lipinski definition) is 9. The van der Waals surface area contributed by atoms with E-state index in [2.05, 4.69) is 10.3 Å². The van der Waals surface area contributed by atoms with Gasteiger partial charge >= 0.3 is 5.97 Å². The van der Waals surface area contributed by atoms with Crippen molar-refractivity contribution in [3.05, 3.63) is 46.7 Å². The minimum absolute atomic E-state index is 0.00827. The van der Waals surface area contributed by atoms with Crippen molar-refractivity contribution in [1.82, 2.24) is 14.9 Å². The third-order valence-electron chi connectivity index (χ3n) is 8.50. The number of anilines is 2. The summed E-state index contributed by atoms with van der Waals surface area (Å²) in [5, 5.41) is 14.3. The number of rotatable bonds is 12. The molecule has 44 heavy (non-hydrogen) atoms. The molecule has 0 radical (unpaired) electrons. The van der Waals surface area contributed by atoms with Gasteiger partial charge in [-0.25, -0.2) is 4.39 Å². The zero-order valence-corrected chi connectivity index (χ0v) is 25.8. The smallest absolute Gasteiger partial charge is 0.306 e. The molecular weight excluding hydrogens is 595 g/mol. The van der Waals surface area contributed by atoms with E-state index in [0.29, 0.717) is 72.0 Å². The van der Waals surface area contributed by atoms with Crippen molar-refractivity contribution in [3.63, 3.8) is 0 Å². The second-order valence-electron chi connectivity index (χ2n) is 11.4. The van der Waals surface area contributed by atoms with Crippen LogP contribution in [0.1, 0.15) is 44.1 Å². The number of benzene rings is 2. The normalized spacial score (nSPS) is 22.1. The first kappa shape index (κ1) is 32.0. The average Bonchev–Trinajstić information content (AvgIpc) is 3.60. The van der Waals surface area contributed by atoms with Gasteiger partial charge in [0.2, 0.25) is 5.91 Å². The number of hydroxylamine groups is 2. The van der Waals surface area contributed by atoms with Crippen molar-refractivity contribution in [2.75, 3.05) is 39.7 Å². The van der Waals surface area contributed by atoms with Crippen LogP contribution in [0.3, 0.4) is 0 Å². The van der Waals surface area contributed by atoms with Crippen molar-refractivity contribution in [3.8, 4) is 5.75 Å². The SMILES string of the molecule is COc1ccc(F)cc1Nc1nc2c(Cl)cc(CC(=O)N3[C@H](COC4CCC(C(=O)O)CC4)CC[C@H]3CN(C)OC)cc2o1. The Morgan fingerprint density at radius 3 is 2.59 bits per heavy atom. The summed E-state index contributed by atoms with van der Waals surface area (Å²) in [5.74, 6) is -1.16. The summed E-state index contributed by atoms with van der Waals surface area (Å²) < 4.78 is 31.3. The van der Waals surface area contributed by atoms with Gasteiger partial charge in [-0.2, -0.15) is 10.0 Å². The monoisotopic (exact) mass is 632 g/mol. The van der Waals surface area contributed by atoms with E-state index in [1.165, 1.54) is 25.3 Å². The van der Waals surface area contributed by atoms with E-state index in [4.69, 9.17) is 30.3 Å². The van der Waals surface area contributed by atoms with Gasteiger partial charge in [-0.05, 0) is 68.4 Å². The highest BCUT2D eigenvalue weighted by Crippen LogP contribution is 2.34. The number of carboxylic acids is 1. The molecule has 2 aromatic carbocycles. The van der Waals surface area contributed by atoms with Crippen molar-refractivity contribution in [2.45, 2.75) is 63.1 Å². The molecule has 0 spiro atoms. The molecule has 0 unspecified atom stereocenters. The number of carboxylic acid groups (broad SMARTS) is 1. The van der Waals surface area contributed by atoms with Crippen LogP contribution < -0.4 is 10.1 Å². The molecule has 2 fully saturated rings. The highest BCUT2D eigenvalue weighted by atomic mass is 35.5. The van der Waals surface area contributed by atoms with Crippen LogP contribution in [0.2, 0.25) is 5.02 Å². The Morgan fingerprint density at radius 1 is 1.14 bits per heavy atom. The van der Waals surface area contributed by atoms with Crippen molar-refractivity contribution >= 4 is 46.3 Å². The van der Waals surface area contributed by atoms with Crippen LogP contribution in [0.5, 0.6) is 5.75 Å². The standard InChI is InChI=1S/C31H38ClFN4O7/c1-36(42-3)16-21-7-8-22(17-43-23-9-4-19(5-10-23)30(39)40)37(21)28(38)14-18-12-24(32)29-27(13-18)44-31(35-29)34-25-15-20(33)6-11-26(25)41-2/h6,11-13,15,19,21-23H,4-5,7-10,14,16-17H2,1-3H3,(H,34,35)(H,39,40)/t19?,21-,22-,23?/m0/s1. The Labute approximate surface area is 260 Å². The lowest BCUT2D eigenvalue weighted by molar-refractivity contribution is -0.146. The van der Waals surface area contributed by atoms with Gasteiger partial charge < -0.3 is 34.1 Å². The van der Waals surface area contributed by atoms with Gasteiger partial charge in [0.15, 0.2) is 5.58 Å². The zero-order chi connectivity index (χ0) is 31.4. The van der Waals surface area contributed by atoms with E-state index in [1.54, 1.807) is 24.3 Å². The maximum absolute atomic E-state index is 13.9. The fourth-order valence-corrected chi connectivity index (χ4v) is 6.44. The molecule has 2 aliphatic rings. The molecule has 2 atom stereocenters. The maximum Gasteiger partial charge on any atom is 0.306 e. The lowest BCUT2D eigenvalue weighted by Gasteiger charge is -2.34. The van der Waals surface area contributed by atoms with Gasteiger partial charge in [0.1, 0.15) is 17.1 Å². The lowest BCUT2D eigenvalue weighted by atomic mass is 9.87. The van der Waals surface area contributed by atoms with E-state index in [9.17, 15) is 19.1 Å². The second kappa shape index (κ2) is 14.1. The number of nitrogens with zero attached hydrogens (tertiary/aromatic N) is 3. The number of likely N-dealkylation sites (tertiary alicyclic amines) is 1. The first-order valence-corrected chi connectivity index (χ1v) is 15.1. The van der Waals surface area contributed by atoms with Crippen molar-refractivity contribution in [1.29, 1.82) is 0 Å². The number of nitrogens with one attached hydrogen (secondary N) is 1. The average molecular weight is 633 g/mol. The molecule has 1 aromatic heterocycles. The summed E-state index contributed by atoms with van der Waals surface area (Å²) in [7, 11) is 4.90. The molecule has 1 saturated heterocycles. The Balaban J connectivity index is 1.29. The lowest BCUT2D eigenvalue weighted by Crippen LogP contribution is -2.48. The number of oxazole rings is 1. The van der Waals surface area contributed by atoms with Crippen LogP contribution in [-0.2, 0) is 25.6 Å². The fraction of sp³-hybridized carbons (Fsp3) is 0.516. The number of carbonyl (C=O) groups is 2. The number of ether oxygens (including phenoxy) is 2. The van der Waals surface area contributed by atoms with Gasteiger partial charge in [0.05, 0.1) is 56.0 Å². The molecule has 2 heterocycles. The minimum atomic E-state index is -0.746. The highest BCUT2D eigenvalue weighted by Gasteiger charge is 2.38. The van der Waals surface area contributed by atoms with Gasteiger partial charge in [-0.3, -0.25) is 9.59 Å². The number of amides is 1. The molecular formula is C31H38ClFN4O7. The molecule has 5 rings (SSSR count). The molecule has 0 bridgehead atoms. The molecule has 11 nitrogen and oxygen atoms in total. The second-order valence-corrected chi connectivity index (χ2v) is 11.8. The van der Waals surface area contributed by atoms with Gasteiger partial charge in [-0.1, -0.05) is 11.6 Å². The minimum Gasteiger partial charge on any atom is -0.495 e. The van der Waals surface area contributed by atoms with E-state index in [1.807, 2.05) is 11.9 Å². The topological polar surface area (TPSA) is 127 Å². The highest BCUT2D eigenvalue weighted by molar-refractivity contribution is 6.35. The van der Waals surface area contributed by atoms with Crippen LogP contribution in [0.4, 0.5) is 16.1 Å². The molecule has 1 aliphatic heterocycles. The summed E-state index contributed by atoms with van der Waals surface area (Å²) in [4.78, 5) is 36.8. The third-order valence-corrected chi connectivity index (χ3v) is 8.79. The Hall–Kier alpha value is -3.45. The van der Waals surface area contributed by atoms with E-state index in [0.717, 1.165) is 12.8 Å². The largest absolute Gasteiger partial charge is 0.495 e. The number of aromatic nitrogens is 1. The molecule has 238 valence electrons. The number of carbonyl (C=O) groups excluding carboxylic acids is 1. The Morgan fingerprint density at radius 2 is 1.89 bits per heavy atom. The molecule has 1 saturated carbocycles. The number of halogens is 2. The summed E-state index contributed by atoms with van der Waals surface area (Å²) in [6, 6.07) is 7.42. The molecule has 3 aromatic rings. The van der Waals surface area contributed by atoms with E-state index >= 15 is 0 Å². The van der Waals surface area contributed by atoms with Gasteiger partial charge in [-0.15, -0.1) is 0 Å². The predicted molar refractivity (Wildman–Crippen MR) is 162 cm³/mol. The molecule has 13 heteroatoms. The quantitative estimate of drug-likeness (QED) is 0.250. The zero-order valence-electron chi connectivity index (χ0n) is 25.1. The van der Waals surface area contributed by atoms with Crippen LogP contribution in [0.25, 0.3) is 11.1 Å². The number of aliphatic carboxylic acids is 1. The van der Waals surface area contributed by atoms with Gasteiger partial charge in [0, 0.05) is 25.7 Å². The number of fused-ring (bicyclic) bond motifs is 1. The number of hydrogen-bond donors (Lipinski definition) is 2. The van der Waals surface area contributed by atoms with Crippen LogP contribution in [-0.4, -0.2) is 84.5 Å². The first-order valence-electron chi connectivity index (χ1n) is 14.8. The van der Waals surface area contributed by atoms with Crippen molar-refractivity contribution in [2.24, 2.45) is 5.92 Å². The van der Waals surface area contributed by atoms with Gasteiger partial charge in [0.25, 0.3) is 6.01 Å². The van der Waals surface area contributed by atoms with Crippen molar-refractivity contribution < 1.29 is 37.8 Å². The van der Waals surface area contributed by atoms with E-state index < -0.39 is 11.8 Å². The summed E-state index contributed by atoms with van der Waals surface area (Å²) in [6.45, 7) is 0.935. The molecule has 1 amide bonds. The third kappa shape index (κ3) is 7.43. The van der Waals surface area contributed by atoms with Crippen LogP contribution >= 0.6 is 11.6 Å².